The number of carbonyl (C=O) groups excluding carboxylic acids is 1. The van der Waals surface area contributed by atoms with Crippen LogP contribution in [-0.2, 0) is 11.2 Å². The van der Waals surface area contributed by atoms with Crippen LogP contribution in [0.3, 0.4) is 0 Å². The molecule has 36 heavy (non-hydrogen) atoms. The topological polar surface area (TPSA) is 29.1 Å². The van der Waals surface area contributed by atoms with Gasteiger partial charge in [-0.15, -0.1) is 0 Å². The second-order valence-corrected chi connectivity index (χ2v) is 9.85. The van der Waals surface area contributed by atoms with E-state index in [1.165, 1.54) is 43.0 Å². The van der Waals surface area contributed by atoms with Crippen LogP contribution in [0, 0.1) is 11.6 Å². The fraction of sp³-hybridized carbons (Fsp3) is 0.344. The van der Waals surface area contributed by atoms with Crippen molar-refractivity contribution in [3.05, 3.63) is 96.1 Å². The molecule has 2 nitrogen and oxygen atoms in total. The SMILES string of the molecule is C=CC(=O)NC1CCC(c2ccc(-c3ccc(-c4ccc(CCCCC)cc4)cc3F)cc2F)CC1. The zero-order valence-corrected chi connectivity index (χ0v) is 21.0. The minimum Gasteiger partial charge on any atom is -0.350 e. The number of nitrogens with one attached hydrogen (secondary N) is 1. The van der Waals surface area contributed by atoms with Crippen LogP contribution in [0.25, 0.3) is 22.3 Å². The Morgan fingerprint density at radius 1 is 0.889 bits per heavy atom. The lowest BCUT2D eigenvalue weighted by atomic mass is 9.81. The average molecular weight is 488 g/mol. The van der Waals surface area contributed by atoms with E-state index in [-0.39, 0.29) is 29.5 Å². The molecular formula is C32H35F2NO. The lowest BCUT2D eigenvalue weighted by molar-refractivity contribution is -0.117. The average Bonchev–Trinajstić information content (AvgIpc) is 2.89. The van der Waals surface area contributed by atoms with Gasteiger partial charge in [-0.2, -0.15) is 0 Å². The standard InChI is InChI=1S/C32H35F2NO/c1-3-5-6-7-22-8-10-23(11-9-22)25-14-18-29(30(33)20-25)26-15-19-28(31(34)21-26)24-12-16-27(17-13-24)35-32(36)4-2/h4,8-11,14-15,18-21,24,27H,2-3,5-7,12-13,16-17H2,1H3,(H,35,36). The highest BCUT2D eigenvalue weighted by atomic mass is 19.1. The third-order valence-corrected chi connectivity index (χ3v) is 7.34. The zero-order chi connectivity index (χ0) is 25.5. The second-order valence-electron chi connectivity index (χ2n) is 9.85. The highest BCUT2D eigenvalue weighted by molar-refractivity contribution is 5.87. The van der Waals surface area contributed by atoms with Crippen LogP contribution in [-0.4, -0.2) is 11.9 Å². The first-order chi connectivity index (χ1) is 17.5. The van der Waals surface area contributed by atoms with Crippen molar-refractivity contribution in [2.75, 3.05) is 0 Å². The molecule has 0 bridgehead atoms. The molecule has 1 saturated carbocycles. The molecule has 1 aliphatic rings. The van der Waals surface area contributed by atoms with Gasteiger partial charge < -0.3 is 5.32 Å². The van der Waals surface area contributed by atoms with E-state index in [0.717, 1.165) is 43.2 Å². The highest BCUT2D eigenvalue weighted by Gasteiger charge is 2.25. The summed E-state index contributed by atoms with van der Waals surface area (Å²) in [5.74, 6) is -0.715. The van der Waals surface area contributed by atoms with Crippen molar-refractivity contribution in [3.8, 4) is 22.3 Å². The van der Waals surface area contributed by atoms with E-state index in [9.17, 15) is 4.79 Å². The number of halogens is 2. The Labute approximate surface area is 213 Å². The van der Waals surface area contributed by atoms with Crippen molar-refractivity contribution in [1.29, 1.82) is 0 Å². The number of aryl methyl sites for hydroxylation is 1. The molecule has 3 aromatic rings. The molecule has 0 atom stereocenters. The lowest BCUT2D eigenvalue weighted by Crippen LogP contribution is -2.36. The summed E-state index contributed by atoms with van der Waals surface area (Å²) in [7, 11) is 0. The van der Waals surface area contributed by atoms with Gasteiger partial charge in [0.1, 0.15) is 11.6 Å². The molecule has 1 fully saturated rings. The first-order valence-electron chi connectivity index (χ1n) is 13.1. The molecule has 1 N–H and O–H groups in total. The van der Waals surface area contributed by atoms with Gasteiger partial charge in [0.25, 0.3) is 0 Å². The molecular weight excluding hydrogens is 452 g/mol. The molecule has 0 heterocycles. The fourth-order valence-electron chi connectivity index (χ4n) is 5.21. The molecule has 4 heteroatoms. The van der Waals surface area contributed by atoms with Gasteiger partial charge in [0, 0.05) is 11.6 Å². The normalized spacial score (nSPS) is 17.5. The molecule has 0 saturated heterocycles. The molecule has 0 radical (unpaired) electrons. The van der Waals surface area contributed by atoms with Crippen LogP contribution in [0.15, 0.2) is 73.3 Å². The molecule has 4 rings (SSSR count). The smallest absolute Gasteiger partial charge is 0.243 e. The number of amides is 1. The molecule has 0 spiro atoms. The number of benzene rings is 3. The largest absolute Gasteiger partial charge is 0.350 e. The number of carbonyl (C=O) groups is 1. The Morgan fingerprint density at radius 2 is 1.56 bits per heavy atom. The van der Waals surface area contributed by atoms with Crippen LogP contribution in [0.1, 0.15) is 68.9 Å². The highest BCUT2D eigenvalue weighted by Crippen LogP contribution is 2.36. The van der Waals surface area contributed by atoms with Crippen LogP contribution in [0.2, 0.25) is 0 Å². The van der Waals surface area contributed by atoms with Gasteiger partial charge in [0.15, 0.2) is 0 Å². The van der Waals surface area contributed by atoms with Crippen molar-refractivity contribution in [3.63, 3.8) is 0 Å². The van der Waals surface area contributed by atoms with E-state index in [1.54, 1.807) is 12.1 Å². The molecule has 0 aromatic heterocycles. The van der Waals surface area contributed by atoms with Crippen molar-refractivity contribution in [2.24, 2.45) is 0 Å². The van der Waals surface area contributed by atoms with Gasteiger partial charge in [0.05, 0.1) is 0 Å². The summed E-state index contributed by atoms with van der Waals surface area (Å²) in [6.45, 7) is 5.68. The Bertz CT molecular complexity index is 1190. The van der Waals surface area contributed by atoms with E-state index in [2.05, 4.69) is 31.0 Å². The van der Waals surface area contributed by atoms with E-state index in [4.69, 9.17) is 0 Å². The maximum Gasteiger partial charge on any atom is 0.243 e. The van der Waals surface area contributed by atoms with Crippen LogP contribution in [0.4, 0.5) is 8.78 Å². The Hall–Kier alpha value is -3.27. The molecule has 188 valence electrons. The monoisotopic (exact) mass is 487 g/mol. The lowest BCUT2D eigenvalue weighted by Gasteiger charge is -2.29. The van der Waals surface area contributed by atoms with Crippen molar-refractivity contribution >= 4 is 5.91 Å². The number of unbranched alkanes of at least 4 members (excludes halogenated alkanes) is 2. The molecule has 1 aliphatic carbocycles. The van der Waals surface area contributed by atoms with Crippen molar-refractivity contribution in [1.82, 2.24) is 5.32 Å². The fourth-order valence-corrected chi connectivity index (χ4v) is 5.21. The minimum atomic E-state index is -0.356. The Kier molecular flexibility index (Phi) is 8.69. The Balaban J connectivity index is 1.43. The van der Waals surface area contributed by atoms with E-state index < -0.39 is 0 Å². The summed E-state index contributed by atoms with van der Waals surface area (Å²) < 4.78 is 30.2. The summed E-state index contributed by atoms with van der Waals surface area (Å²) in [6.07, 6.45) is 9.18. The zero-order valence-electron chi connectivity index (χ0n) is 21.0. The van der Waals surface area contributed by atoms with E-state index >= 15 is 8.78 Å². The third-order valence-electron chi connectivity index (χ3n) is 7.34. The van der Waals surface area contributed by atoms with Gasteiger partial charge >= 0.3 is 0 Å². The first kappa shape index (κ1) is 25.8. The van der Waals surface area contributed by atoms with Crippen LogP contribution >= 0.6 is 0 Å². The third kappa shape index (κ3) is 6.29. The molecule has 1 amide bonds. The van der Waals surface area contributed by atoms with Gasteiger partial charge in [-0.25, -0.2) is 8.78 Å². The van der Waals surface area contributed by atoms with Gasteiger partial charge in [-0.3, -0.25) is 4.79 Å². The van der Waals surface area contributed by atoms with Gasteiger partial charge in [0.2, 0.25) is 5.91 Å². The summed E-state index contributed by atoms with van der Waals surface area (Å²) >= 11 is 0. The summed E-state index contributed by atoms with van der Waals surface area (Å²) in [5.41, 5.74) is 4.70. The van der Waals surface area contributed by atoms with Gasteiger partial charge in [-0.05, 0) is 90.5 Å². The summed E-state index contributed by atoms with van der Waals surface area (Å²) in [4.78, 5) is 11.5. The first-order valence-corrected chi connectivity index (χ1v) is 13.1. The van der Waals surface area contributed by atoms with Crippen LogP contribution in [0.5, 0.6) is 0 Å². The quantitative estimate of drug-likeness (QED) is 0.238. The summed E-state index contributed by atoms with van der Waals surface area (Å²) in [6, 6.07) is 18.7. The molecule has 0 unspecified atom stereocenters. The number of hydrogen-bond acceptors (Lipinski definition) is 1. The predicted molar refractivity (Wildman–Crippen MR) is 144 cm³/mol. The maximum absolute atomic E-state index is 15.1. The van der Waals surface area contributed by atoms with Gasteiger partial charge in [-0.1, -0.05) is 74.9 Å². The maximum atomic E-state index is 15.1. The molecule has 0 aliphatic heterocycles. The van der Waals surface area contributed by atoms with Crippen molar-refractivity contribution < 1.29 is 13.6 Å². The summed E-state index contributed by atoms with van der Waals surface area (Å²) in [5, 5.41) is 2.93. The van der Waals surface area contributed by atoms with Crippen molar-refractivity contribution in [2.45, 2.75) is 70.3 Å². The Morgan fingerprint density at radius 3 is 2.19 bits per heavy atom. The number of rotatable bonds is 9. The molecule has 3 aromatic carbocycles. The predicted octanol–water partition coefficient (Wildman–Crippen LogP) is 8.36. The minimum absolute atomic E-state index is 0.105. The second kappa shape index (κ2) is 12.1. The number of hydrogen-bond donors (Lipinski definition) is 1. The van der Waals surface area contributed by atoms with Crippen LogP contribution < -0.4 is 5.32 Å². The van der Waals surface area contributed by atoms with E-state index in [1.807, 2.05) is 24.3 Å². The van der Waals surface area contributed by atoms with E-state index in [0.29, 0.717) is 16.7 Å².